The molecule has 2 aromatic rings. The molecule has 5 nitrogen and oxygen atoms in total. The molecule has 0 aliphatic rings. The molecule has 1 heterocycles. The molecular formula is C19H23NO4S. The average molecular weight is 361 g/mol. The van der Waals surface area contributed by atoms with E-state index in [4.69, 9.17) is 9.47 Å². The number of nitrogens with one attached hydrogen (secondary N) is 1. The van der Waals surface area contributed by atoms with Crippen LogP contribution in [-0.4, -0.2) is 24.5 Å². The first-order chi connectivity index (χ1) is 11.8. The number of thiazole rings is 1. The Morgan fingerprint density at radius 1 is 1.32 bits per heavy atom. The van der Waals surface area contributed by atoms with Crippen LogP contribution < -0.4 is 24.2 Å². The van der Waals surface area contributed by atoms with Crippen molar-refractivity contribution >= 4 is 29.3 Å². The van der Waals surface area contributed by atoms with Gasteiger partial charge in [-0.1, -0.05) is 32.9 Å². The highest BCUT2D eigenvalue weighted by Crippen LogP contribution is 2.31. The summed E-state index contributed by atoms with van der Waals surface area (Å²) in [6.45, 7) is 7.94. The lowest BCUT2D eigenvalue weighted by Crippen LogP contribution is -2.22. The van der Waals surface area contributed by atoms with E-state index in [0.29, 0.717) is 27.3 Å². The summed E-state index contributed by atoms with van der Waals surface area (Å²) in [5.41, 5.74) is 0.0242. The number of hydrogen-bond acceptors (Lipinski definition) is 5. The SMILES string of the molecule is CCOc1cccc(/C=c2\s/c(=C/C(=O)C(C)(C)C)[nH]c2=O)c1OC. The van der Waals surface area contributed by atoms with Gasteiger partial charge in [-0.25, -0.2) is 0 Å². The third kappa shape index (κ3) is 4.60. The van der Waals surface area contributed by atoms with Gasteiger partial charge in [0.2, 0.25) is 0 Å². The third-order valence-corrected chi connectivity index (χ3v) is 4.44. The first-order valence-electron chi connectivity index (χ1n) is 8.03. The molecule has 2 rings (SSSR count). The number of aromatic nitrogens is 1. The van der Waals surface area contributed by atoms with Crippen molar-refractivity contribution in [2.75, 3.05) is 13.7 Å². The number of aromatic amines is 1. The Kier molecular flexibility index (Phi) is 5.85. The Morgan fingerprint density at radius 3 is 2.64 bits per heavy atom. The number of H-pyrrole nitrogens is 1. The lowest BCUT2D eigenvalue weighted by molar-refractivity contribution is -0.119. The number of Topliss-reactive ketones (excluding diaryl/α,β-unsaturated/α-hetero) is 1. The third-order valence-electron chi connectivity index (χ3n) is 3.48. The first kappa shape index (κ1) is 19.0. The summed E-state index contributed by atoms with van der Waals surface area (Å²) in [6, 6.07) is 5.51. The Morgan fingerprint density at radius 2 is 2.04 bits per heavy atom. The van der Waals surface area contributed by atoms with Crippen LogP contribution in [0.2, 0.25) is 0 Å². The van der Waals surface area contributed by atoms with Crippen LogP contribution in [-0.2, 0) is 4.79 Å². The summed E-state index contributed by atoms with van der Waals surface area (Å²) in [7, 11) is 1.56. The maximum Gasteiger partial charge on any atom is 0.266 e. The van der Waals surface area contributed by atoms with E-state index in [1.807, 2.05) is 45.9 Å². The van der Waals surface area contributed by atoms with Gasteiger partial charge in [0.25, 0.3) is 5.56 Å². The smallest absolute Gasteiger partial charge is 0.266 e. The number of carbonyl (C=O) groups is 1. The first-order valence-corrected chi connectivity index (χ1v) is 8.84. The zero-order valence-electron chi connectivity index (χ0n) is 15.1. The van der Waals surface area contributed by atoms with Gasteiger partial charge in [0.1, 0.15) is 0 Å². The van der Waals surface area contributed by atoms with Gasteiger partial charge in [0.15, 0.2) is 17.3 Å². The molecule has 0 radical (unpaired) electrons. The second-order valence-electron chi connectivity index (χ2n) is 6.50. The summed E-state index contributed by atoms with van der Waals surface area (Å²) in [5.74, 6) is 1.17. The van der Waals surface area contributed by atoms with Crippen molar-refractivity contribution in [1.29, 1.82) is 0 Å². The standard InChI is InChI=1S/C19H23NO4S/c1-6-24-13-9-7-8-12(17(13)23-5)10-14-18(22)20-16(25-14)11-15(21)19(2,3)4/h7-11H,6H2,1-5H3,(H,20,22)/b14-10-,16-11+. The van der Waals surface area contributed by atoms with E-state index in [9.17, 15) is 9.59 Å². The van der Waals surface area contributed by atoms with Crippen molar-refractivity contribution in [2.45, 2.75) is 27.7 Å². The minimum Gasteiger partial charge on any atom is -0.492 e. The molecule has 0 unspecified atom stereocenters. The quantitative estimate of drug-likeness (QED) is 0.885. The molecule has 0 saturated carbocycles. The number of carbonyl (C=O) groups excluding carboxylic acids is 1. The fourth-order valence-corrected chi connectivity index (χ4v) is 3.01. The minimum absolute atomic E-state index is 0.0347. The summed E-state index contributed by atoms with van der Waals surface area (Å²) in [4.78, 5) is 27.0. The molecule has 1 N–H and O–H groups in total. The van der Waals surface area contributed by atoms with Gasteiger partial charge >= 0.3 is 0 Å². The van der Waals surface area contributed by atoms with Gasteiger partial charge in [-0.2, -0.15) is 0 Å². The highest BCUT2D eigenvalue weighted by Gasteiger charge is 2.18. The van der Waals surface area contributed by atoms with Gasteiger partial charge in [-0.15, -0.1) is 11.3 Å². The zero-order chi connectivity index (χ0) is 18.6. The number of para-hydroxylation sites is 1. The highest BCUT2D eigenvalue weighted by molar-refractivity contribution is 7.07. The minimum atomic E-state index is -0.486. The average Bonchev–Trinajstić information content (AvgIpc) is 2.86. The van der Waals surface area contributed by atoms with Crippen LogP contribution in [0, 0.1) is 5.41 Å². The monoisotopic (exact) mass is 361 g/mol. The van der Waals surface area contributed by atoms with Crippen LogP contribution in [0.3, 0.4) is 0 Å². The number of ether oxygens (including phenoxy) is 2. The second-order valence-corrected chi connectivity index (χ2v) is 7.58. The Hall–Kier alpha value is -2.34. The number of rotatable bonds is 5. The van der Waals surface area contributed by atoms with Crippen LogP contribution in [0.4, 0.5) is 0 Å². The molecule has 0 fully saturated rings. The van der Waals surface area contributed by atoms with E-state index in [1.165, 1.54) is 17.4 Å². The molecule has 0 saturated heterocycles. The zero-order valence-corrected chi connectivity index (χ0v) is 16.0. The molecule has 0 spiro atoms. The van der Waals surface area contributed by atoms with Crippen LogP contribution in [0.25, 0.3) is 12.2 Å². The maximum absolute atomic E-state index is 12.2. The summed E-state index contributed by atoms with van der Waals surface area (Å²) in [6.07, 6.45) is 3.22. The van der Waals surface area contributed by atoms with E-state index >= 15 is 0 Å². The second kappa shape index (κ2) is 7.70. The number of hydrogen-bond donors (Lipinski definition) is 1. The Labute approximate surface area is 150 Å². The molecule has 0 bridgehead atoms. The van der Waals surface area contributed by atoms with Crippen molar-refractivity contribution in [1.82, 2.24) is 4.98 Å². The molecule has 1 aromatic heterocycles. The van der Waals surface area contributed by atoms with Crippen LogP contribution in [0.5, 0.6) is 11.5 Å². The van der Waals surface area contributed by atoms with Crippen LogP contribution in [0.15, 0.2) is 23.0 Å². The maximum atomic E-state index is 12.2. The number of benzene rings is 1. The fourth-order valence-electron chi connectivity index (χ4n) is 2.14. The fraction of sp³-hybridized carbons (Fsp3) is 0.368. The molecular weight excluding hydrogens is 338 g/mol. The van der Waals surface area contributed by atoms with E-state index in [-0.39, 0.29) is 11.3 Å². The van der Waals surface area contributed by atoms with Crippen molar-refractivity contribution in [3.05, 3.63) is 43.3 Å². The predicted octanol–water partition coefficient (Wildman–Crippen LogP) is 2.07. The van der Waals surface area contributed by atoms with E-state index in [0.717, 1.165) is 5.56 Å². The van der Waals surface area contributed by atoms with Crippen molar-refractivity contribution in [3.8, 4) is 11.5 Å². The summed E-state index contributed by atoms with van der Waals surface area (Å²) in [5, 5.41) is 0. The molecule has 0 aliphatic heterocycles. The van der Waals surface area contributed by atoms with Gasteiger partial charge in [0.05, 0.1) is 22.9 Å². The van der Waals surface area contributed by atoms with E-state index in [1.54, 1.807) is 13.2 Å². The van der Waals surface area contributed by atoms with Gasteiger partial charge in [-0.3, -0.25) is 9.59 Å². The van der Waals surface area contributed by atoms with Gasteiger partial charge < -0.3 is 14.5 Å². The number of ketones is 1. The topological polar surface area (TPSA) is 68.4 Å². The largest absolute Gasteiger partial charge is 0.492 e. The Balaban J connectivity index is 2.54. The molecule has 0 atom stereocenters. The molecule has 134 valence electrons. The molecule has 0 aliphatic carbocycles. The van der Waals surface area contributed by atoms with Crippen molar-refractivity contribution in [3.63, 3.8) is 0 Å². The number of methoxy groups -OCH3 is 1. The molecule has 6 heteroatoms. The highest BCUT2D eigenvalue weighted by atomic mass is 32.1. The van der Waals surface area contributed by atoms with Gasteiger partial charge in [-0.05, 0) is 19.1 Å². The van der Waals surface area contributed by atoms with Crippen molar-refractivity contribution < 1.29 is 14.3 Å². The summed E-state index contributed by atoms with van der Waals surface area (Å²) < 4.78 is 12.0. The van der Waals surface area contributed by atoms with Crippen molar-refractivity contribution in [2.24, 2.45) is 5.41 Å². The molecule has 0 amide bonds. The predicted molar refractivity (Wildman–Crippen MR) is 101 cm³/mol. The van der Waals surface area contributed by atoms with Crippen LogP contribution >= 0.6 is 11.3 Å². The van der Waals surface area contributed by atoms with E-state index < -0.39 is 5.41 Å². The van der Waals surface area contributed by atoms with Gasteiger partial charge in [0, 0.05) is 17.1 Å². The molecule has 1 aromatic carbocycles. The van der Waals surface area contributed by atoms with E-state index in [2.05, 4.69) is 4.98 Å². The Bertz CT molecular complexity index is 932. The van der Waals surface area contributed by atoms with Crippen LogP contribution in [0.1, 0.15) is 33.3 Å². The normalized spacial score (nSPS) is 13.2. The summed E-state index contributed by atoms with van der Waals surface area (Å²) >= 11 is 1.24. The lowest BCUT2D eigenvalue weighted by Gasteiger charge is -2.12. The lowest BCUT2D eigenvalue weighted by atomic mass is 9.91. The molecule has 25 heavy (non-hydrogen) atoms.